The summed E-state index contributed by atoms with van der Waals surface area (Å²) in [4.78, 5) is 0. The zero-order chi connectivity index (χ0) is 6.85. The molecule has 0 aliphatic rings. The van der Waals surface area contributed by atoms with Crippen LogP contribution in [-0.2, 0) is 0 Å². The first kappa shape index (κ1) is 8.81. The van der Waals surface area contributed by atoms with Crippen molar-refractivity contribution in [1.29, 1.82) is 0 Å². The standard InChI is InChI=1S/C6H5FO2.BH3/c7-4-1-2-5(8)6(9)3-4;/h1-3,8-9H;1H3. The van der Waals surface area contributed by atoms with Gasteiger partial charge < -0.3 is 10.2 Å². The molecule has 2 N–H and O–H groups in total. The van der Waals surface area contributed by atoms with Crippen molar-refractivity contribution >= 4 is 8.41 Å². The van der Waals surface area contributed by atoms with E-state index in [2.05, 4.69) is 0 Å². The predicted molar refractivity (Wildman–Crippen MR) is 39.7 cm³/mol. The molecule has 10 heavy (non-hydrogen) atoms. The van der Waals surface area contributed by atoms with E-state index in [0.29, 0.717) is 0 Å². The van der Waals surface area contributed by atoms with Gasteiger partial charge in [0, 0.05) is 6.07 Å². The number of rotatable bonds is 0. The predicted octanol–water partition coefficient (Wildman–Crippen LogP) is 0.0530. The zero-order valence-electron chi connectivity index (χ0n) is 4.50. The van der Waals surface area contributed by atoms with Crippen molar-refractivity contribution in [3.63, 3.8) is 0 Å². The maximum Gasteiger partial charge on any atom is 0.160 e. The van der Waals surface area contributed by atoms with Gasteiger partial charge >= 0.3 is 0 Å². The second-order valence-corrected chi connectivity index (χ2v) is 1.63. The Bertz CT molecular complexity index is 227. The Morgan fingerprint density at radius 1 is 1.10 bits per heavy atom. The number of aromatic hydroxyl groups is 2. The molecule has 0 fully saturated rings. The Kier molecular flexibility index (Phi) is 2.74. The van der Waals surface area contributed by atoms with Crippen molar-refractivity contribution < 1.29 is 14.6 Å². The highest BCUT2D eigenvalue weighted by Gasteiger charge is 1.97. The molecule has 0 saturated carbocycles. The molecule has 0 aromatic heterocycles. The third kappa shape index (κ3) is 1.65. The Labute approximate surface area is 59.5 Å². The fourth-order valence-electron chi connectivity index (χ4n) is 0.497. The Hall–Kier alpha value is -1.19. The van der Waals surface area contributed by atoms with Gasteiger partial charge in [0.2, 0.25) is 0 Å². The van der Waals surface area contributed by atoms with Gasteiger partial charge in [-0.15, -0.1) is 0 Å². The Balaban J connectivity index is 0.000000810. The van der Waals surface area contributed by atoms with Gasteiger partial charge in [0.05, 0.1) is 8.41 Å². The summed E-state index contributed by atoms with van der Waals surface area (Å²) in [6, 6.07) is 3.00. The fourth-order valence-corrected chi connectivity index (χ4v) is 0.497. The lowest BCUT2D eigenvalue weighted by atomic mass is 10.3. The van der Waals surface area contributed by atoms with E-state index in [1.54, 1.807) is 0 Å². The van der Waals surface area contributed by atoms with Crippen molar-refractivity contribution in [2.45, 2.75) is 0 Å². The summed E-state index contributed by atoms with van der Waals surface area (Å²) in [5.41, 5.74) is 0. The highest BCUT2D eigenvalue weighted by Crippen LogP contribution is 2.23. The number of phenolic OH excluding ortho intramolecular Hbond substituents is 2. The smallest absolute Gasteiger partial charge is 0.160 e. The summed E-state index contributed by atoms with van der Waals surface area (Å²) in [7, 11) is 0. The molecular formula is C6H8BFO2. The molecule has 0 bridgehead atoms. The van der Waals surface area contributed by atoms with Crippen LogP contribution >= 0.6 is 0 Å². The molecule has 0 aliphatic carbocycles. The Morgan fingerprint density at radius 2 is 1.70 bits per heavy atom. The average Bonchev–Trinajstić information content (AvgIpc) is 1.80. The van der Waals surface area contributed by atoms with E-state index < -0.39 is 11.6 Å². The van der Waals surface area contributed by atoms with Crippen LogP contribution in [0.3, 0.4) is 0 Å². The molecule has 0 heterocycles. The van der Waals surface area contributed by atoms with E-state index in [1.807, 2.05) is 0 Å². The molecule has 0 saturated heterocycles. The normalized spacial score (nSPS) is 8.50. The summed E-state index contributed by atoms with van der Waals surface area (Å²) < 4.78 is 12.1. The number of benzene rings is 1. The number of hydrogen-bond acceptors (Lipinski definition) is 2. The van der Waals surface area contributed by atoms with Crippen LogP contribution in [0.1, 0.15) is 0 Å². The molecule has 0 radical (unpaired) electrons. The maximum atomic E-state index is 12.1. The summed E-state index contributed by atoms with van der Waals surface area (Å²) in [5.74, 6) is -1.31. The summed E-state index contributed by atoms with van der Waals surface area (Å²) in [6.07, 6.45) is 0. The summed E-state index contributed by atoms with van der Waals surface area (Å²) in [5, 5.41) is 17.2. The Morgan fingerprint density at radius 3 is 2.10 bits per heavy atom. The molecule has 1 aromatic rings. The summed E-state index contributed by atoms with van der Waals surface area (Å²) in [6.45, 7) is 0. The van der Waals surface area contributed by atoms with Crippen LogP contribution in [0, 0.1) is 5.82 Å². The number of halogens is 1. The minimum atomic E-state index is -0.565. The topological polar surface area (TPSA) is 40.5 Å². The van der Waals surface area contributed by atoms with Crippen LogP contribution in [0.4, 0.5) is 4.39 Å². The minimum Gasteiger partial charge on any atom is -0.504 e. The molecule has 1 aromatic carbocycles. The third-order valence-electron chi connectivity index (χ3n) is 0.937. The minimum absolute atomic E-state index is 0. The monoisotopic (exact) mass is 142 g/mol. The van der Waals surface area contributed by atoms with E-state index in [-0.39, 0.29) is 14.2 Å². The molecule has 0 aliphatic heterocycles. The van der Waals surface area contributed by atoms with Gasteiger partial charge in [0.15, 0.2) is 11.5 Å². The molecule has 0 atom stereocenters. The van der Waals surface area contributed by atoms with Crippen LogP contribution < -0.4 is 0 Å². The van der Waals surface area contributed by atoms with Gasteiger partial charge in [0.25, 0.3) is 0 Å². The van der Waals surface area contributed by atoms with E-state index >= 15 is 0 Å². The second kappa shape index (κ2) is 3.10. The first-order valence-corrected chi connectivity index (χ1v) is 2.37. The zero-order valence-corrected chi connectivity index (χ0v) is 4.50. The molecule has 0 spiro atoms. The van der Waals surface area contributed by atoms with Crippen LogP contribution in [0.5, 0.6) is 11.5 Å². The lowest BCUT2D eigenvalue weighted by molar-refractivity contribution is 0.400. The molecule has 1 rings (SSSR count). The van der Waals surface area contributed by atoms with Crippen molar-refractivity contribution in [2.24, 2.45) is 0 Å². The van der Waals surface area contributed by atoms with E-state index in [4.69, 9.17) is 10.2 Å². The van der Waals surface area contributed by atoms with E-state index in [9.17, 15) is 4.39 Å². The van der Waals surface area contributed by atoms with Gasteiger partial charge in [-0.1, -0.05) is 0 Å². The van der Waals surface area contributed by atoms with Gasteiger partial charge in [0.1, 0.15) is 5.82 Å². The average molecular weight is 142 g/mol. The van der Waals surface area contributed by atoms with Crippen LogP contribution in [0.15, 0.2) is 18.2 Å². The molecule has 0 unspecified atom stereocenters. The van der Waals surface area contributed by atoms with Crippen LogP contribution in [-0.4, -0.2) is 18.6 Å². The first-order chi connectivity index (χ1) is 4.20. The summed E-state index contributed by atoms with van der Waals surface area (Å²) >= 11 is 0. The second-order valence-electron chi connectivity index (χ2n) is 1.63. The highest BCUT2D eigenvalue weighted by molar-refractivity contribution is 5.75. The van der Waals surface area contributed by atoms with Crippen molar-refractivity contribution in [2.75, 3.05) is 0 Å². The molecule has 2 nitrogen and oxygen atoms in total. The van der Waals surface area contributed by atoms with Gasteiger partial charge in [-0.05, 0) is 12.1 Å². The van der Waals surface area contributed by atoms with E-state index in [1.165, 1.54) is 0 Å². The fraction of sp³-hybridized carbons (Fsp3) is 0. The van der Waals surface area contributed by atoms with Gasteiger partial charge in [-0.3, -0.25) is 0 Å². The first-order valence-electron chi connectivity index (χ1n) is 2.37. The largest absolute Gasteiger partial charge is 0.504 e. The highest BCUT2D eigenvalue weighted by atomic mass is 19.1. The molecule has 54 valence electrons. The van der Waals surface area contributed by atoms with Gasteiger partial charge in [-0.2, -0.15) is 0 Å². The SMILES string of the molecule is B.Oc1ccc(F)cc1O. The third-order valence-corrected chi connectivity index (χ3v) is 0.937. The van der Waals surface area contributed by atoms with Crippen LogP contribution in [0.2, 0.25) is 0 Å². The van der Waals surface area contributed by atoms with Crippen molar-refractivity contribution in [3.05, 3.63) is 24.0 Å². The number of phenols is 2. The van der Waals surface area contributed by atoms with Crippen LogP contribution in [0.25, 0.3) is 0 Å². The van der Waals surface area contributed by atoms with Crippen molar-refractivity contribution in [1.82, 2.24) is 0 Å². The molecule has 0 amide bonds. The van der Waals surface area contributed by atoms with E-state index in [0.717, 1.165) is 18.2 Å². The lowest BCUT2D eigenvalue weighted by Gasteiger charge is -1.93. The molecular weight excluding hydrogens is 134 g/mol. The quantitative estimate of drug-likeness (QED) is 0.397. The maximum absolute atomic E-state index is 12.1. The lowest BCUT2D eigenvalue weighted by Crippen LogP contribution is -1.71. The van der Waals surface area contributed by atoms with Gasteiger partial charge in [-0.25, -0.2) is 4.39 Å². The molecule has 4 heteroatoms. The van der Waals surface area contributed by atoms with Crippen molar-refractivity contribution in [3.8, 4) is 11.5 Å². The number of hydrogen-bond donors (Lipinski definition) is 2.